The van der Waals surface area contributed by atoms with E-state index < -0.39 is 0 Å². The maximum absolute atomic E-state index is 10.1. The maximum atomic E-state index is 10.1. The number of allylic oxidation sites excluding steroid dienone is 3. The van der Waals surface area contributed by atoms with Gasteiger partial charge in [-0.25, -0.2) is 0 Å². The lowest BCUT2D eigenvalue weighted by Crippen LogP contribution is -2.49. The number of rotatable bonds is 1. The van der Waals surface area contributed by atoms with Gasteiger partial charge in [0.2, 0.25) is 0 Å². The Morgan fingerprint density at radius 1 is 1.04 bits per heavy atom. The molecule has 0 amide bonds. The molecular formula is C23H30OS. The molecule has 134 valence electrons. The average molecular weight is 355 g/mol. The maximum Gasteiger partial charge on any atom is 0.0577 e. The number of hydrogen-bond donors (Lipinski definition) is 1. The first-order valence-corrected chi connectivity index (χ1v) is 11.0. The van der Waals surface area contributed by atoms with Gasteiger partial charge in [0.15, 0.2) is 0 Å². The largest absolute Gasteiger partial charge is 0.393 e. The van der Waals surface area contributed by atoms with Crippen molar-refractivity contribution in [3.63, 3.8) is 0 Å². The van der Waals surface area contributed by atoms with Gasteiger partial charge in [0.1, 0.15) is 0 Å². The summed E-state index contributed by atoms with van der Waals surface area (Å²) in [6.07, 6.45) is 13.4. The highest BCUT2D eigenvalue weighted by Gasteiger charge is 2.56. The molecule has 1 aromatic rings. The molecule has 0 bridgehead atoms. The molecule has 0 aromatic carbocycles. The van der Waals surface area contributed by atoms with Crippen LogP contribution in [0.25, 0.3) is 5.57 Å². The van der Waals surface area contributed by atoms with Crippen LogP contribution in [-0.2, 0) is 0 Å². The number of hydrogen-bond acceptors (Lipinski definition) is 2. The third-order valence-electron chi connectivity index (χ3n) is 8.45. The van der Waals surface area contributed by atoms with Crippen molar-refractivity contribution in [3.8, 4) is 0 Å². The molecule has 1 aromatic heterocycles. The van der Waals surface area contributed by atoms with Crippen LogP contribution in [-0.4, -0.2) is 11.2 Å². The second-order valence-corrected chi connectivity index (χ2v) is 10.4. The second kappa shape index (κ2) is 5.57. The average Bonchev–Trinajstić information content (AvgIpc) is 3.22. The van der Waals surface area contributed by atoms with Gasteiger partial charge >= 0.3 is 0 Å². The molecular weight excluding hydrogens is 324 g/mol. The van der Waals surface area contributed by atoms with E-state index in [-0.39, 0.29) is 6.10 Å². The van der Waals surface area contributed by atoms with Gasteiger partial charge in [0.25, 0.3) is 0 Å². The highest BCUT2D eigenvalue weighted by molar-refractivity contribution is 7.11. The molecule has 4 unspecified atom stereocenters. The van der Waals surface area contributed by atoms with Crippen molar-refractivity contribution in [2.75, 3.05) is 0 Å². The van der Waals surface area contributed by atoms with Crippen LogP contribution >= 0.6 is 11.3 Å². The Kier molecular flexibility index (Phi) is 3.63. The van der Waals surface area contributed by atoms with Crippen LogP contribution in [0.15, 0.2) is 35.2 Å². The van der Waals surface area contributed by atoms with Crippen molar-refractivity contribution in [3.05, 3.63) is 40.1 Å². The van der Waals surface area contributed by atoms with Crippen LogP contribution in [0.5, 0.6) is 0 Å². The van der Waals surface area contributed by atoms with Gasteiger partial charge in [-0.3, -0.25) is 0 Å². The summed E-state index contributed by atoms with van der Waals surface area (Å²) in [7, 11) is 0. The molecule has 4 aliphatic carbocycles. The summed E-state index contributed by atoms with van der Waals surface area (Å²) in [4.78, 5) is 1.50. The Morgan fingerprint density at radius 2 is 1.88 bits per heavy atom. The normalized spacial score (nSPS) is 45.9. The van der Waals surface area contributed by atoms with Gasteiger partial charge in [-0.2, -0.15) is 0 Å². The van der Waals surface area contributed by atoms with Crippen LogP contribution in [0.4, 0.5) is 0 Å². The van der Waals surface area contributed by atoms with E-state index in [9.17, 15) is 5.11 Å². The lowest BCUT2D eigenvalue weighted by atomic mass is 9.47. The molecule has 1 nitrogen and oxygen atoms in total. The van der Waals surface area contributed by atoms with Gasteiger partial charge in [-0.15, -0.1) is 11.3 Å². The van der Waals surface area contributed by atoms with Crippen molar-refractivity contribution in [2.24, 2.45) is 28.6 Å². The first kappa shape index (κ1) is 16.3. The predicted molar refractivity (Wildman–Crippen MR) is 105 cm³/mol. The summed E-state index contributed by atoms with van der Waals surface area (Å²) in [5, 5.41) is 12.4. The van der Waals surface area contributed by atoms with Gasteiger partial charge < -0.3 is 5.11 Å². The van der Waals surface area contributed by atoms with Crippen LogP contribution in [0.2, 0.25) is 0 Å². The van der Waals surface area contributed by atoms with Gasteiger partial charge in [0, 0.05) is 4.88 Å². The predicted octanol–water partition coefficient (Wildman–Crippen LogP) is 6.07. The standard InChI is InChI=1S/C23H30OS/c1-22-11-9-16(24)14-15(22)5-6-17-18-7-8-20(21-4-3-13-25-21)23(18,2)12-10-19(17)22/h3-5,8,13,16-19,24H,6-7,9-12,14H2,1-2H3/t16?,17?,18?,19?,22-,23-/m0/s1. The summed E-state index contributed by atoms with van der Waals surface area (Å²) in [6, 6.07) is 4.52. The zero-order chi connectivity index (χ0) is 17.2. The van der Waals surface area contributed by atoms with Crippen molar-refractivity contribution >= 4 is 16.9 Å². The van der Waals surface area contributed by atoms with E-state index in [0.29, 0.717) is 10.8 Å². The first-order chi connectivity index (χ1) is 12.0. The van der Waals surface area contributed by atoms with Crippen molar-refractivity contribution in [2.45, 2.75) is 64.9 Å². The van der Waals surface area contributed by atoms with E-state index in [1.807, 2.05) is 11.3 Å². The molecule has 1 heterocycles. The minimum atomic E-state index is -0.0942. The monoisotopic (exact) mass is 354 g/mol. The third kappa shape index (κ3) is 2.23. The first-order valence-electron chi connectivity index (χ1n) is 10.1. The van der Waals surface area contributed by atoms with E-state index in [2.05, 4.69) is 43.5 Å². The van der Waals surface area contributed by atoms with Gasteiger partial charge in [0.05, 0.1) is 6.10 Å². The Hall–Kier alpha value is -0.860. The molecule has 2 fully saturated rings. The summed E-state index contributed by atoms with van der Waals surface area (Å²) in [5.41, 5.74) is 3.96. The summed E-state index contributed by atoms with van der Waals surface area (Å²) in [6.45, 7) is 5.07. The zero-order valence-electron chi connectivity index (χ0n) is 15.5. The molecule has 0 saturated heterocycles. The Bertz CT molecular complexity index is 729. The fraction of sp³-hybridized carbons (Fsp3) is 0.652. The molecule has 0 aliphatic heterocycles. The van der Waals surface area contributed by atoms with E-state index >= 15 is 0 Å². The highest BCUT2D eigenvalue weighted by atomic mass is 32.1. The molecule has 5 rings (SSSR count). The van der Waals surface area contributed by atoms with Gasteiger partial charge in [-0.1, -0.05) is 37.6 Å². The van der Waals surface area contributed by atoms with E-state index in [0.717, 1.165) is 30.6 Å². The minimum absolute atomic E-state index is 0.0942. The second-order valence-electron chi connectivity index (χ2n) is 9.44. The van der Waals surface area contributed by atoms with E-state index in [1.54, 1.807) is 11.1 Å². The van der Waals surface area contributed by atoms with Crippen LogP contribution in [0.1, 0.15) is 63.7 Å². The molecule has 25 heavy (non-hydrogen) atoms. The van der Waals surface area contributed by atoms with Crippen molar-refractivity contribution < 1.29 is 5.11 Å². The molecule has 0 radical (unpaired) electrons. The molecule has 6 atom stereocenters. The lowest BCUT2D eigenvalue weighted by Gasteiger charge is -2.57. The molecule has 2 saturated carbocycles. The third-order valence-corrected chi connectivity index (χ3v) is 9.35. The number of aliphatic hydroxyl groups excluding tert-OH is 1. The SMILES string of the molecule is C[C@]12CCC(O)CC1=CCC1C2CC[C@]2(C)C(c3cccs3)=CCC12. The van der Waals surface area contributed by atoms with Crippen molar-refractivity contribution in [1.29, 1.82) is 0 Å². The summed E-state index contributed by atoms with van der Waals surface area (Å²) in [5.74, 6) is 2.47. The topological polar surface area (TPSA) is 20.2 Å². The van der Waals surface area contributed by atoms with Gasteiger partial charge in [-0.05, 0) is 90.5 Å². The minimum Gasteiger partial charge on any atom is -0.393 e. The van der Waals surface area contributed by atoms with Crippen LogP contribution < -0.4 is 0 Å². The van der Waals surface area contributed by atoms with E-state index in [4.69, 9.17) is 0 Å². The number of aliphatic hydroxyl groups is 1. The fourth-order valence-electron chi connectivity index (χ4n) is 7.02. The van der Waals surface area contributed by atoms with Crippen LogP contribution in [0.3, 0.4) is 0 Å². The summed E-state index contributed by atoms with van der Waals surface area (Å²) >= 11 is 1.91. The summed E-state index contributed by atoms with van der Waals surface area (Å²) < 4.78 is 0. The lowest BCUT2D eigenvalue weighted by molar-refractivity contribution is -0.0237. The molecule has 4 aliphatic rings. The zero-order valence-corrected chi connectivity index (χ0v) is 16.3. The molecule has 1 N–H and O–H groups in total. The Balaban J connectivity index is 1.48. The highest BCUT2D eigenvalue weighted by Crippen LogP contribution is 2.66. The number of fused-ring (bicyclic) bond motifs is 5. The molecule has 2 heteroatoms. The quantitative estimate of drug-likeness (QED) is 0.607. The Labute approximate surface area is 155 Å². The smallest absolute Gasteiger partial charge is 0.0577 e. The van der Waals surface area contributed by atoms with Crippen molar-refractivity contribution in [1.82, 2.24) is 0 Å². The molecule has 0 spiro atoms. The van der Waals surface area contributed by atoms with E-state index in [1.165, 1.54) is 37.0 Å². The van der Waals surface area contributed by atoms with Crippen LogP contribution in [0, 0.1) is 28.6 Å². The number of thiophene rings is 1. The fourth-order valence-corrected chi connectivity index (χ4v) is 7.93. The Morgan fingerprint density at radius 3 is 2.68 bits per heavy atom.